The molecule has 38 heavy (non-hydrogen) atoms. The van der Waals surface area contributed by atoms with Gasteiger partial charge < -0.3 is 18.9 Å². The Hall–Kier alpha value is -4.77. The van der Waals surface area contributed by atoms with Gasteiger partial charge in [-0.05, 0) is 85.6 Å². The van der Waals surface area contributed by atoms with Crippen molar-refractivity contribution in [2.24, 2.45) is 0 Å². The van der Waals surface area contributed by atoms with Gasteiger partial charge in [0.15, 0.2) is 28.8 Å². The number of carbonyl (C=O) groups excluding carboxylic acids is 1. The highest BCUT2D eigenvalue weighted by Crippen LogP contribution is 2.36. The van der Waals surface area contributed by atoms with Crippen molar-refractivity contribution in [3.05, 3.63) is 119 Å². The van der Waals surface area contributed by atoms with E-state index in [0.29, 0.717) is 45.6 Å². The predicted molar refractivity (Wildman–Crippen MR) is 152 cm³/mol. The minimum Gasteiger partial charge on any atom is -0.493 e. The van der Waals surface area contributed by atoms with Crippen LogP contribution in [-0.2, 0) is 0 Å². The summed E-state index contributed by atoms with van der Waals surface area (Å²) in [6.45, 7) is 3.92. The van der Waals surface area contributed by atoms with Gasteiger partial charge in [0.25, 0.3) is 0 Å². The first-order valence-corrected chi connectivity index (χ1v) is 12.3. The fourth-order valence-corrected chi connectivity index (χ4v) is 3.95. The highest BCUT2D eigenvalue weighted by Gasteiger charge is 2.17. The van der Waals surface area contributed by atoms with Gasteiger partial charge in [-0.15, -0.1) is 0 Å². The van der Waals surface area contributed by atoms with E-state index in [-0.39, 0.29) is 5.78 Å². The van der Waals surface area contributed by atoms with Crippen LogP contribution in [0.2, 0.25) is 0 Å². The summed E-state index contributed by atoms with van der Waals surface area (Å²) in [4.78, 5) is 13.4. The molecule has 0 amide bonds. The summed E-state index contributed by atoms with van der Waals surface area (Å²) in [5.74, 6) is 3.20. The van der Waals surface area contributed by atoms with Crippen LogP contribution >= 0.6 is 0 Å². The second kappa shape index (κ2) is 12.5. The topological polar surface area (TPSA) is 54.0 Å². The second-order valence-electron chi connectivity index (χ2n) is 8.37. The SMILES string of the molecule is CC=Cc1ccc(Oc2ccc(C(=O)c3ccccc3Oc3ccc(C=CC)cc3OC)cc2)c(OC)c1. The number of hydrogen-bond donors (Lipinski definition) is 0. The summed E-state index contributed by atoms with van der Waals surface area (Å²) in [7, 11) is 3.20. The average Bonchev–Trinajstić information content (AvgIpc) is 2.95. The summed E-state index contributed by atoms with van der Waals surface area (Å²) in [6, 6.07) is 25.6. The van der Waals surface area contributed by atoms with Crippen LogP contribution in [0, 0.1) is 0 Å². The normalized spacial score (nSPS) is 11.1. The maximum absolute atomic E-state index is 13.4. The smallest absolute Gasteiger partial charge is 0.196 e. The predicted octanol–water partition coefficient (Wildman–Crippen LogP) is 8.59. The third kappa shape index (κ3) is 6.13. The molecule has 0 bridgehead atoms. The minimum atomic E-state index is -0.162. The fourth-order valence-electron chi connectivity index (χ4n) is 3.95. The van der Waals surface area contributed by atoms with Gasteiger partial charge in [-0.25, -0.2) is 0 Å². The van der Waals surface area contributed by atoms with Gasteiger partial charge in [-0.1, -0.05) is 48.6 Å². The molecule has 0 spiro atoms. The van der Waals surface area contributed by atoms with E-state index in [2.05, 4.69) is 0 Å². The number of ether oxygens (including phenoxy) is 4. The van der Waals surface area contributed by atoms with Crippen LogP contribution in [0.3, 0.4) is 0 Å². The Kier molecular flexibility index (Phi) is 8.62. The number of benzene rings is 4. The molecule has 0 aliphatic heterocycles. The third-order valence-electron chi connectivity index (χ3n) is 5.79. The van der Waals surface area contributed by atoms with Crippen molar-refractivity contribution in [2.45, 2.75) is 13.8 Å². The first-order valence-electron chi connectivity index (χ1n) is 12.3. The molecule has 5 heteroatoms. The Balaban J connectivity index is 1.55. The summed E-state index contributed by atoms with van der Waals surface area (Å²) in [5, 5.41) is 0. The molecule has 0 aliphatic rings. The zero-order chi connectivity index (χ0) is 26.9. The largest absolute Gasteiger partial charge is 0.493 e. The van der Waals surface area contributed by atoms with E-state index in [4.69, 9.17) is 18.9 Å². The average molecular weight is 507 g/mol. The Morgan fingerprint density at radius 2 is 1.16 bits per heavy atom. The molecule has 4 aromatic carbocycles. The van der Waals surface area contributed by atoms with Crippen molar-refractivity contribution in [3.8, 4) is 34.5 Å². The number of ketones is 1. The van der Waals surface area contributed by atoms with Gasteiger partial charge in [0, 0.05) is 5.56 Å². The molecule has 0 aromatic heterocycles. The lowest BCUT2D eigenvalue weighted by atomic mass is 10.0. The molecule has 0 saturated carbocycles. The summed E-state index contributed by atoms with van der Waals surface area (Å²) in [5.41, 5.74) is 2.97. The molecule has 0 heterocycles. The van der Waals surface area contributed by atoms with Gasteiger partial charge in [0.05, 0.1) is 19.8 Å². The summed E-state index contributed by atoms with van der Waals surface area (Å²) < 4.78 is 23.2. The first kappa shape index (κ1) is 26.3. The van der Waals surface area contributed by atoms with E-state index in [0.717, 1.165) is 11.1 Å². The molecule has 0 radical (unpaired) electrons. The van der Waals surface area contributed by atoms with Gasteiger partial charge >= 0.3 is 0 Å². The number of rotatable bonds is 10. The number of para-hydroxylation sites is 1. The van der Waals surface area contributed by atoms with Crippen molar-refractivity contribution in [3.63, 3.8) is 0 Å². The van der Waals surface area contributed by atoms with Gasteiger partial charge in [0.1, 0.15) is 11.5 Å². The lowest BCUT2D eigenvalue weighted by Crippen LogP contribution is -2.04. The summed E-state index contributed by atoms with van der Waals surface area (Å²) in [6.07, 6.45) is 7.89. The number of carbonyl (C=O) groups is 1. The molecule has 5 nitrogen and oxygen atoms in total. The van der Waals surface area contributed by atoms with E-state index in [1.54, 1.807) is 50.6 Å². The molecular weight excluding hydrogens is 476 g/mol. The fraction of sp³-hybridized carbons (Fsp3) is 0.121. The maximum atomic E-state index is 13.4. The highest BCUT2D eigenvalue weighted by atomic mass is 16.5. The molecular formula is C33H30O5. The van der Waals surface area contributed by atoms with E-state index in [1.807, 2.05) is 86.7 Å². The van der Waals surface area contributed by atoms with Crippen LogP contribution in [0.5, 0.6) is 34.5 Å². The van der Waals surface area contributed by atoms with E-state index < -0.39 is 0 Å². The van der Waals surface area contributed by atoms with E-state index in [9.17, 15) is 4.79 Å². The van der Waals surface area contributed by atoms with E-state index in [1.165, 1.54) is 0 Å². The number of hydrogen-bond acceptors (Lipinski definition) is 5. The Morgan fingerprint density at radius 3 is 1.71 bits per heavy atom. The lowest BCUT2D eigenvalue weighted by molar-refractivity contribution is 0.103. The minimum absolute atomic E-state index is 0.162. The lowest BCUT2D eigenvalue weighted by Gasteiger charge is -2.14. The van der Waals surface area contributed by atoms with Crippen LogP contribution < -0.4 is 18.9 Å². The summed E-state index contributed by atoms with van der Waals surface area (Å²) >= 11 is 0. The van der Waals surface area contributed by atoms with Gasteiger partial charge in [-0.2, -0.15) is 0 Å². The maximum Gasteiger partial charge on any atom is 0.196 e. The zero-order valence-corrected chi connectivity index (χ0v) is 21.9. The van der Waals surface area contributed by atoms with Gasteiger partial charge in [-0.3, -0.25) is 4.79 Å². The van der Waals surface area contributed by atoms with Crippen LogP contribution in [0.1, 0.15) is 40.9 Å². The molecule has 192 valence electrons. The molecule has 0 unspecified atom stereocenters. The third-order valence-corrected chi connectivity index (χ3v) is 5.79. The number of methoxy groups -OCH3 is 2. The number of allylic oxidation sites excluding steroid dienone is 2. The molecule has 0 saturated heterocycles. The van der Waals surface area contributed by atoms with Crippen LogP contribution in [-0.4, -0.2) is 20.0 Å². The standard InChI is InChI=1S/C33H30O5/c1-5-9-23-13-19-29(31(21-23)35-3)37-26-17-15-25(16-18-26)33(34)27-11-7-8-12-28(27)38-30-20-14-24(10-6-2)22-32(30)36-4/h5-22H,1-4H3. The Bertz CT molecular complexity index is 1470. The second-order valence-corrected chi connectivity index (χ2v) is 8.37. The molecule has 0 atom stereocenters. The monoisotopic (exact) mass is 506 g/mol. The van der Waals surface area contributed by atoms with Crippen molar-refractivity contribution >= 4 is 17.9 Å². The van der Waals surface area contributed by atoms with E-state index >= 15 is 0 Å². The zero-order valence-electron chi connectivity index (χ0n) is 21.9. The Labute approximate surface area is 223 Å². The molecule has 4 rings (SSSR count). The van der Waals surface area contributed by atoms with Crippen molar-refractivity contribution in [1.29, 1.82) is 0 Å². The molecule has 0 fully saturated rings. The molecule has 0 aliphatic carbocycles. The van der Waals surface area contributed by atoms with Crippen molar-refractivity contribution in [1.82, 2.24) is 0 Å². The molecule has 4 aromatic rings. The van der Waals surface area contributed by atoms with Gasteiger partial charge in [0.2, 0.25) is 0 Å². The quantitative estimate of drug-likeness (QED) is 0.202. The van der Waals surface area contributed by atoms with Crippen LogP contribution in [0.4, 0.5) is 0 Å². The van der Waals surface area contributed by atoms with Crippen molar-refractivity contribution < 1.29 is 23.7 Å². The Morgan fingerprint density at radius 1 is 0.605 bits per heavy atom. The first-order chi connectivity index (χ1) is 18.6. The van der Waals surface area contributed by atoms with Crippen molar-refractivity contribution in [2.75, 3.05) is 14.2 Å². The molecule has 0 N–H and O–H groups in total. The highest BCUT2D eigenvalue weighted by molar-refractivity contribution is 6.10. The van der Waals surface area contributed by atoms with Crippen LogP contribution in [0.15, 0.2) is 97.1 Å². The van der Waals surface area contributed by atoms with Crippen LogP contribution in [0.25, 0.3) is 12.2 Å².